The van der Waals surface area contributed by atoms with E-state index in [1.807, 2.05) is 31.2 Å². The van der Waals surface area contributed by atoms with Crippen molar-refractivity contribution in [1.29, 1.82) is 0 Å². The molecule has 0 spiro atoms. The molecule has 0 radical (unpaired) electrons. The summed E-state index contributed by atoms with van der Waals surface area (Å²) in [5.74, 6) is -1.31. The molecule has 7 nitrogen and oxygen atoms in total. The van der Waals surface area contributed by atoms with Gasteiger partial charge < -0.3 is 20.1 Å². The minimum Gasteiger partial charge on any atom is -0.482 e. The topological polar surface area (TPSA) is 95.9 Å². The van der Waals surface area contributed by atoms with Gasteiger partial charge in [0.25, 0.3) is 0 Å². The standard InChI is InChI=1S/C21H22N2O5/c1-14-2-4-15(5-3-14)11-22-21(27)16-10-19(24)23(12-16)17-6-8-18(9-7-17)28-13-20(25)26/h2-9,16H,10-13H2,1H3,(H,22,27)(H,25,26). The average molecular weight is 382 g/mol. The van der Waals surface area contributed by atoms with Gasteiger partial charge in [-0.1, -0.05) is 29.8 Å². The Hall–Kier alpha value is -3.35. The van der Waals surface area contributed by atoms with E-state index in [0.717, 1.165) is 11.1 Å². The number of carbonyl (C=O) groups excluding carboxylic acids is 2. The second-order valence-electron chi connectivity index (χ2n) is 6.79. The first-order valence-electron chi connectivity index (χ1n) is 9.00. The molecule has 0 bridgehead atoms. The molecule has 1 unspecified atom stereocenters. The van der Waals surface area contributed by atoms with Crippen molar-refractivity contribution in [2.75, 3.05) is 18.1 Å². The van der Waals surface area contributed by atoms with Crippen LogP contribution in [0.2, 0.25) is 0 Å². The Morgan fingerprint density at radius 3 is 2.46 bits per heavy atom. The molecule has 1 aliphatic heterocycles. The van der Waals surface area contributed by atoms with E-state index in [2.05, 4.69) is 5.32 Å². The number of nitrogens with zero attached hydrogens (tertiary/aromatic N) is 1. The fraction of sp³-hybridized carbons (Fsp3) is 0.286. The minimum absolute atomic E-state index is 0.116. The molecule has 1 aliphatic rings. The molecule has 0 saturated carbocycles. The summed E-state index contributed by atoms with van der Waals surface area (Å²) in [4.78, 5) is 36.9. The van der Waals surface area contributed by atoms with Crippen LogP contribution in [-0.4, -0.2) is 36.0 Å². The maximum Gasteiger partial charge on any atom is 0.341 e. The number of anilines is 1. The molecule has 2 N–H and O–H groups in total. The molecular weight excluding hydrogens is 360 g/mol. The molecule has 0 aromatic heterocycles. The highest BCUT2D eigenvalue weighted by Crippen LogP contribution is 2.27. The molecule has 2 aromatic carbocycles. The first kappa shape index (κ1) is 19.4. The zero-order chi connectivity index (χ0) is 20.1. The average Bonchev–Trinajstić information content (AvgIpc) is 3.08. The lowest BCUT2D eigenvalue weighted by Gasteiger charge is -2.17. The van der Waals surface area contributed by atoms with Gasteiger partial charge in [-0.2, -0.15) is 0 Å². The fourth-order valence-electron chi connectivity index (χ4n) is 3.04. The molecule has 2 amide bonds. The highest BCUT2D eigenvalue weighted by Gasteiger charge is 2.35. The van der Waals surface area contributed by atoms with Gasteiger partial charge in [0.2, 0.25) is 11.8 Å². The van der Waals surface area contributed by atoms with Gasteiger partial charge >= 0.3 is 5.97 Å². The van der Waals surface area contributed by atoms with Crippen LogP contribution in [0.15, 0.2) is 48.5 Å². The van der Waals surface area contributed by atoms with Crippen molar-refractivity contribution in [2.45, 2.75) is 19.9 Å². The lowest BCUT2D eigenvalue weighted by Crippen LogP contribution is -2.32. The summed E-state index contributed by atoms with van der Waals surface area (Å²) in [7, 11) is 0. The lowest BCUT2D eigenvalue weighted by atomic mass is 10.1. The largest absolute Gasteiger partial charge is 0.482 e. The van der Waals surface area contributed by atoms with Crippen molar-refractivity contribution < 1.29 is 24.2 Å². The summed E-state index contributed by atoms with van der Waals surface area (Å²) in [6.07, 6.45) is 0.164. The number of carbonyl (C=O) groups is 3. The highest BCUT2D eigenvalue weighted by atomic mass is 16.5. The zero-order valence-electron chi connectivity index (χ0n) is 15.6. The van der Waals surface area contributed by atoms with Crippen LogP contribution in [0, 0.1) is 12.8 Å². The number of hydrogen-bond acceptors (Lipinski definition) is 4. The third-order valence-electron chi connectivity index (χ3n) is 4.59. The first-order chi connectivity index (χ1) is 13.4. The first-order valence-corrected chi connectivity index (χ1v) is 9.00. The predicted molar refractivity (Wildman–Crippen MR) is 103 cm³/mol. The number of aryl methyl sites for hydroxylation is 1. The molecule has 28 heavy (non-hydrogen) atoms. The van der Waals surface area contributed by atoms with E-state index in [9.17, 15) is 14.4 Å². The molecule has 1 fully saturated rings. The summed E-state index contributed by atoms with van der Waals surface area (Å²) in [5.41, 5.74) is 2.82. The Morgan fingerprint density at radius 1 is 1.14 bits per heavy atom. The van der Waals surface area contributed by atoms with Crippen LogP contribution in [0.1, 0.15) is 17.5 Å². The third-order valence-corrected chi connectivity index (χ3v) is 4.59. The SMILES string of the molecule is Cc1ccc(CNC(=O)C2CC(=O)N(c3ccc(OCC(=O)O)cc3)C2)cc1. The lowest BCUT2D eigenvalue weighted by molar-refractivity contribution is -0.139. The number of ether oxygens (including phenoxy) is 1. The maximum atomic E-state index is 12.4. The van der Waals surface area contributed by atoms with E-state index in [0.29, 0.717) is 24.5 Å². The van der Waals surface area contributed by atoms with Crippen LogP contribution in [-0.2, 0) is 20.9 Å². The smallest absolute Gasteiger partial charge is 0.341 e. The molecule has 3 rings (SSSR count). The van der Waals surface area contributed by atoms with E-state index >= 15 is 0 Å². The normalized spacial score (nSPS) is 16.1. The molecule has 2 aromatic rings. The van der Waals surface area contributed by atoms with Crippen LogP contribution < -0.4 is 15.0 Å². The van der Waals surface area contributed by atoms with Crippen molar-refractivity contribution in [3.8, 4) is 5.75 Å². The Labute approximate surface area is 162 Å². The molecule has 146 valence electrons. The van der Waals surface area contributed by atoms with E-state index < -0.39 is 18.5 Å². The van der Waals surface area contributed by atoms with E-state index in [1.165, 1.54) is 0 Å². The zero-order valence-corrected chi connectivity index (χ0v) is 15.6. The number of nitrogens with one attached hydrogen (secondary N) is 1. The van der Waals surface area contributed by atoms with Gasteiger partial charge in [0.1, 0.15) is 5.75 Å². The molecular formula is C21H22N2O5. The molecule has 7 heteroatoms. The Morgan fingerprint density at radius 2 is 1.82 bits per heavy atom. The summed E-state index contributed by atoms with van der Waals surface area (Å²) in [5, 5.41) is 11.5. The highest BCUT2D eigenvalue weighted by molar-refractivity contribution is 6.00. The van der Waals surface area contributed by atoms with Crippen molar-refractivity contribution in [3.63, 3.8) is 0 Å². The number of hydrogen-bond donors (Lipinski definition) is 2. The van der Waals surface area contributed by atoms with Crippen LogP contribution in [0.5, 0.6) is 5.75 Å². The van der Waals surface area contributed by atoms with Crippen molar-refractivity contribution in [1.82, 2.24) is 5.32 Å². The van der Waals surface area contributed by atoms with Gasteiger partial charge in [-0.3, -0.25) is 9.59 Å². The summed E-state index contributed by atoms with van der Waals surface area (Å²) in [6.45, 7) is 2.32. The number of aliphatic carboxylic acids is 1. The number of amides is 2. The summed E-state index contributed by atoms with van der Waals surface area (Å²) in [6, 6.07) is 14.5. The third kappa shape index (κ3) is 4.88. The maximum absolute atomic E-state index is 12.4. The van der Waals surface area contributed by atoms with Crippen LogP contribution in [0.25, 0.3) is 0 Å². The van der Waals surface area contributed by atoms with Gasteiger partial charge in [0.15, 0.2) is 6.61 Å². The van der Waals surface area contributed by atoms with Crippen molar-refractivity contribution in [2.24, 2.45) is 5.92 Å². The van der Waals surface area contributed by atoms with Crippen molar-refractivity contribution >= 4 is 23.5 Å². The number of benzene rings is 2. The van der Waals surface area contributed by atoms with E-state index in [1.54, 1.807) is 29.2 Å². The van der Waals surface area contributed by atoms with Gasteiger partial charge in [0, 0.05) is 25.2 Å². The summed E-state index contributed by atoms with van der Waals surface area (Å²) >= 11 is 0. The Bertz CT molecular complexity index is 861. The second kappa shape index (κ2) is 8.56. The van der Waals surface area contributed by atoms with Crippen LogP contribution in [0.4, 0.5) is 5.69 Å². The monoisotopic (exact) mass is 382 g/mol. The molecule has 1 saturated heterocycles. The second-order valence-corrected chi connectivity index (χ2v) is 6.79. The van der Waals surface area contributed by atoms with Crippen molar-refractivity contribution in [3.05, 3.63) is 59.7 Å². The van der Waals surface area contributed by atoms with Gasteiger partial charge in [-0.25, -0.2) is 4.79 Å². The predicted octanol–water partition coefficient (Wildman–Crippen LogP) is 2.13. The number of rotatable bonds is 7. The van der Waals surface area contributed by atoms with Gasteiger partial charge in [-0.05, 0) is 36.8 Å². The number of carboxylic acid groups (broad SMARTS) is 1. The van der Waals surface area contributed by atoms with Crippen LogP contribution >= 0.6 is 0 Å². The molecule has 0 aliphatic carbocycles. The summed E-state index contributed by atoms with van der Waals surface area (Å²) < 4.78 is 5.09. The molecule has 1 atom stereocenters. The van der Waals surface area contributed by atoms with E-state index in [4.69, 9.17) is 9.84 Å². The van der Waals surface area contributed by atoms with E-state index in [-0.39, 0.29) is 18.2 Å². The molecule has 1 heterocycles. The van der Waals surface area contributed by atoms with Gasteiger partial charge in [0.05, 0.1) is 5.92 Å². The Balaban J connectivity index is 1.55. The minimum atomic E-state index is -1.06. The fourth-order valence-corrected chi connectivity index (χ4v) is 3.04. The van der Waals surface area contributed by atoms with Gasteiger partial charge in [-0.15, -0.1) is 0 Å². The quantitative estimate of drug-likeness (QED) is 0.765. The van der Waals surface area contributed by atoms with Crippen LogP contribution in [0.3, 0.4) is 0 Å². The number of carboxylic acids is 1. The Kier molecular flexibility index (Phi) is 5.93.